The molecule has 0 aliphatic carbocycles. The van der Waals surface area contributed by atoms with E-state index in [1.54, 1.807) is 6.20 Å². The van der Waals surface area contributed by atoms with Crippen LogP contribution in [-0.2, 0) is 0 Å². The van der Waals surface area contributed by atoms with Crippen molar-refractivity contribution in [1.29, 1.82) is 10.8 Å². The van der Waals surface area contributed by atoms with Crippen LogP contribution in [0.1, 0.15) is 18.4 Å². The molecule has 1 aromatic carbocycles. The topological polar surface area (TPSA) is 112 Å². The van der Waals surface area contributed by atoms with Crippen LogP contribution in [0.25, 0.3) is 11.1 Å². The number of hydrogen-bond acceptors (Lipinski definition) is 6. The Labute approximate surface area is 160 Å². The molecule has 2 fully saturated rings. The van der Waals surface area contributed by atoms with E-state index >= 15 is 0 Å². The molecule has 1 spiro atoms. The standard InChI is InChI=1S/C18H21FN6OS/c19-13-5-11(12-7-23-24-8-12)6-14(26)15(13)16(20)27-17(21)25-9-18(10-25)1-3-22-4-2-18/h5-8,20-22,26H,1-4,9-10H2,(H,23,24). The molecule has 0 unspecified atom stereocenters. The number of thioether (sulfide) groups is 1. The van der Waals surface area contributed by atoms with Gasteiger partial charge < -0.3 is 15.3 Å². The number of aromatic nitrogens is 2. The van der Waals surface area contributed by atoms with E-state index in [2.05, 4.69) is 15.5 Å². The van der Waals surface area contributed by atoms with E-state index in [9.17, 15) is 9.50 Å². The lowest BCUT2D eigenvalue weighted by Gasteiger charge is -2.53. The molecule has 0 bridgehead atoms. The average molecular weight is 388 g/mol. The summed E-state index contributed by atoms with van der Waals surface area (Å²) < 4.78 is 14.6. The molecule has 5 N–H and O–H groups in total. The third kappa shape index (κ3) is 3.44. The molecule has 2 aromatic rings. The molecule has 2 aliphatic heterocycles. The SMILES string of the molecule is N=C(SC(=N)N1CC2(CCNCC2)C1)c1c(O)cc(-c2cn[nH]c2)cc1F. The quantitative estimate of drug-likeness (QED) is 0.401. The molecule has 7 nitrogen and oxygen atoms in total. The molecule has 27 heavy (non-hydrogen) atoms. The van der Waals surface area contributed by atoms with Crippen LogP contribution in [-0.4, -0.2) is 56.6 Å². The van der Waals surface area contributed by atoms with E-state index < -0.39 is 5.82 Å². The maximum Gasteiger partial charge on any atom is 0.162 e. The van der Waals surface area contributed by atoms with E-state index in [1.807, 2.05) is 4.90 Å². The third-order valence-corrected chi connectivity index (χ3v) is 6.19. The van der Waals surface area contributed by atoms with Crippen LogP contribution in [0.3, 0.4) is 0 Å². The number of phenols is 1. The Morgan fingerprint density at radius 3 is 2.59 bits per heavy atom. The average Bonchev–Trinajstić information content (AvgIpc) is 3.14. The van der Waals surface area contributed by atoms with Gasteiger partial charge in [-0.3, -0.25) is 15.9 Å². The molecule has 4 rings (SSSR count). The van der Waals surface area contributed by atoms with Gasteiger partial charge in [-0.05, 0) is 55.4 Å². The molecule has 142 valence electrons. The van der Waals surface area contributed by atoms with Crippen LogP contribution in [0, 0.1) is 22.1 Å². The van der Waals surface area contributed by atoms with Gasteiger partial charge in [0, 0.05) is 30.3 Å². The molecule has 0 radical (unpaired) electrons. The molecular weight excluding hydrogens is 367 g/mol. The van der Waals surface area contributed by atoms with Gasteiger partial charge >= 0.3 is 0 Å². The van der Waals surface area contributed by atoms with Crippen molar-refractivity contribution in [2.45, 2.75) is 12.8 Å². The van der Waals surface area contributed by atoms with Crippen molar-refractivity contribution in [3.05, 3.63) is 35.9 Å². The second-order valence-electron chi connectivity index (χ2n) is 7.18. The van der Waals surface area contributed by atoms with E-state index in [0.29, 0.717) is 11.1 Å². The van der Waals surface area contributed by atoms with Crippen molar-refractivity contribution >= 4 is 22.0 Å². The van der Waals surface area contributed by atoms with E-state index in [-0.39, 0.29) is 26.9 Å². The Morgan fingerprint density at radius 1 is 1.22 bits per heavy atom. The molecule has 0 atom stereocenters. The zero-order valence-electron chi connectivity index (χ0n) is 14.7. The van der Waals surface area contributed by atoms with Gasteiger partial charge in [-0.25, -0.2) is 4.39 Å². The first kappa shape index (κ1) is 18.0. The van der Waals surface area contributed by atoms with E-state index in [1.165, 1.54) is 18.3 Å². The fraction of sp³-hybridized carbons (Fsp3) is 0.389. The van der Waals surface area contributed by atoms with Crippen molar-refractivity contribution in [1.82, 2.24) is 20.4 Å². The van der Waals surface area contributed by atoms with Crippen LogP contribution in [0.2, 0.25) is 0 Å². The van der Waals surface area contributed by atoms with Gasteiger partial charge in [0.25, 0.3) is 0 Å². The lowest BCUT2D eigenvalue weighted by molar-refractivity contribution is 0.0293. The summed E-state index contributed by atoms with van der Waals surface area (Å²) in [6.45, 7) is 3.63. The summed E-state index contributed by atoms with van der Waals surface area (Å²) in [6, 6.07) is 2.68. The number of aromatic hydroxyl groups is 1. The van der Waals surface area contributed by atoms with Gasteiger partial charge in [0.05, 0.1) is 11.8 Å². The highest BCUT2D eigenvalue weighted by molar-refractivity contribution is 8.26. The highest BCUT2D eigenvalue weighted by Gasteiger charge is 2.44. The summed E-state index contributed by atoms with van der Waals surface area (Å²) in [4.78, 5) is 1.92. The molecule has 0 amide bonds. The first-order valence-electron chi connectivity index (χ1n) is 8.80. The summed E-state index contributed by atoms with van der Waals surface area (Å²) in [7, 11) is 0. The Balaban J connectivity index is 1.43. The number of amidine groups is 1. The molecule has 0 saturated carbocycles. The Hall–Kier alpha value is -2.39. The first-order chi connectivity index (χ1) is 13.0. The van der Waals surface area contributed by atoms with Gasteiger partial charge in [-0.2, -0.15) is 5.10 Å². The van der Waals surface area contributed by atoms with Gasteiger partial charge in [0.15, 0.2) is 5.17 Å². The second-order valence-corrected chi connectivity index (χ2v) is 8.18. The molecule has 1 aromatic heterocycles. The Morgan fingerprint density at radius 2 is 1.96 bits per heavy atom. The molecule has 9 heteroatoms. The van der Waals surface area contributed by atoms with E-state index in [0.717, 1.165) is 50.8 Å². The van der Waals surface area contributed by atoms with Crippen LogP contribution in [0.5, 0.6) is 5.75 Å². The number of rotatable bonds is 2. The number of nitrogens with one attached hydrogen (secondary N) is 4. The summed E-state index contributed by atoms with van der Waals surface area (Å²) in [5.41, 5.74) is 1.23. The van der Waals surface area contributed by atoms with Crippen LogP contribution < -0.4 is 5.32 Å². The summed E-state index contributed by atoms with van der Waals surface area (Å²) in [5.74, 6) is -0.995. The Kier molecular flexibility index (Phi) is 4.65. The van der Waals surface area contributed by atoms with E-state index in [4.69, 9.17) is 10.8 Å². The summed E-state index contributed by atoms with van der Waals surface area (Å²) in [5, 5.41) is 36.5. The highest BCUT2D eigenvalue weighted by Crippen LogP contribution is 2.40. The molecule has 2 saturated heterocycles. The number of nitrogens with zero attached hydrogens (tertiary/aromatic N) is 2. The summed E-state index contributed by atoms with van der Waals surface area (Å²) >= 11 is 0.874. The molecular formula is C18H21FN6OS. The fourth-order valence-corrected chi connectivity index (χ4v) is 4.54. The lowest BCUT2D eigenvalue weighted by atomic mass is 9.73. The zero-order valence-corrected chi connectivity index (χ0v) is 15.5. The minimum atomic E-state index is -0.685. The normalized spacial score (nSPS) is 18.3. The first-order valence-corrected chi connectivity index (χ1v) is 9.62. The van der Waals surface area contributed by atoms with Gasteiger partial charge in [0.1, 0.15) is 16.6 Å². The zero-order chi connectivity index (χ0) is 19.0. The number of halogens is 1. The van der Waals surface area contributed by atoms with Crippen molar-refractivity contribution in [2.75, 3.05) is 26.2 Å². The number of likely N-dealkylation sites (tertiary alicyclic amines) is 1. The monoisotopic (exact) mass is 388 g/mol. The number of benzene rings is 1. The fourth-order valence-electron chi connectivity index (χ4n) is 3.79. The van der Waals surface area contributed by atoms with Crippen molar-refractivity contribution < 1.29 is 9.50 Å². The smallest absolute Gasteiger partial charge is 0.162 e. The van der Waals surface area contributed by atoms with Crippen LogP contribution >= 0.6 is 11.8 Å². The molecule has 2 aliphatic rings. The summed E-state index contributed by atoms with van der Waals surface area (Å²) in [6.07, 6.45) is 5.34. The van der Waals surface area contributed by atoms with Crippen molar-refractivity contribution in [3.63, 3.8) is 0 Å². The second kappa shape index (κ2) is 6.97. The van der Waals surface area contributed by atoms with Crippen molar-refractivity contribution in [3.8, 4) is 16.9 Å². The van der Waals surface area contributed by atoms with Crippen LogP contribution in [0.4, 0.5) is 4.39 Å². The predicted octanol–water partition coefficient (Wildman–Crippen LogP) is 2.60. The van der Waals surface area contributed by atoms with Gasteiger partial charge in [0.2, 0.25) is 0 Å². The number of hydrogen-bond donors (Lipinski definition) is 5. The predicted molar refractivity (Wildman–Crippen MR) is 104 cm³/mol. The van der Waals surface area contributed by atoms with Gasteiger partial charge in [-0.15, -0.1) is 0 Å². The highest BCUT2D eigenvalue weighted by atomic mass is 32.2. The minimum absolute atomic E-state index is 0.167. The minimum Gasteiger partial charge on any atom is -0.507 e. The maximum absolute atomic E-state index is 14.6. The Bertz CT molecular complexity index is 847. The van der Waals surface area contributed by atoms with Gasteiger partial charge in [-0.1, -0.05) is 0 Å². The number of aromatic amines is 1. The maximum atomic E-state index is 14.6. The number of phenolic OH excluding ortho intramolecular Hbond substituents is 1. The third-order valence-electron chi connectivity index (χ3n) is 5.33. The number of H-pyrrole nitrogens is 1. The number of piperidine rings is 1. The lowest BCUT2D eigenvalue weighted by Crippen LogP contribution is -2.61. The largest absolute Gasteiger partial charge is 0.507 e. The van der Waals surface area contributed by atoms with Crippen LogP contribution in [0.15, 0.2) is 24.5 Å². The molecule has 3 heterocycles. The van der Waals surface area contributed by atoms with Crippen molar-refractivity contribution in [2.24, 2.45) is 5.41 Å².